The van der Waals surface area contributed by atoms with Gasteiger partial charge in [-0.1, -0.05) is 6.07 Å². The molecule has 2 aromatic rings. The third kappa shape index (κ3) is 3.68. The third-order valence-electron chi connectivity index (χ3n) is 3.36. The minimum absolute atomic E-state index is 0.0294. The average molecular weight is 339 g/mol. The van der Waals surface area contributed by atoms with Crippen molar-refractivity contribution >= 4 is 33.3 Å². The zero-order valence-electron chi connectivity index (χ0n) is 13.1. The highest BCUT2D eigenvalue weighted by atomic mass is 32.1. The van der Waals surface area contributed by atoms with Crippen LogP contribution in [0.15, 0.2) is 18.2 Å². The molecule has 0 radical (unpaired) electrons. The first-order valence-corrected chi connectivity index (χ1v) is 7.98. The Labute approximate surface area is 137 Å². The summed E-state index contributed by atoms with van der Waals surface area (Å²) < 4.78 is 24.7. The summed E-state index contributed by atoms with van der Waals surface area (Å²) in [5, 5.41) is 3.01. The molecule has 0 aliphatic carbocycles. The van der Waals surface area contributed by atoms with Gasteiger partial charge in [-0.25, -0.2) is 9.18 Å². The maximum absolute atomic E-state index is 14.1. The van der Waals surface area contributed by atoms with Gasteiger partial charge in [-0.15, -0.1) is 11.3 Å². The Morgan fingerprint density at radius 1 is 1.39 bits per heavy atom. The summed E-state index contributed by atoms with van der Waals surface area (Å²) in [4.78, 5) is 24.2. The quantitative estimate of drug-likeness (QED) is 0.822. The summed E-state index contributed by atoms with van der Waals surface area (Å²) in [7, 11) is 1.27. The van der Waals surface area contributed by atoms with Gasteiger partial charge < -0.3 is 14.8 Å². The number of halogens is 1. The van der Waals surface area contributed by atoms with E-state index in [0.717, 1.165) is 11.3 Å². The molecule has 1 aromatic carbocycles. The smallest absolute Gasteiger partial charge is 0.348 e. The van der Waals surface area contributed by atoms with Gasteiger partial charge in [0.2, 0.25) is 5.91 Å². The van der Waals surface area contributed by atoms with Crippen molar-refractivity contribution in [3.63, 3.8) is 0 Å². The predicted octanol–water partition coefficient (Wildman–Crippen LogP) is 2.87. The molecule has 0 aliphatic rings. The molecule has 0 aliphatic heterocycles. The van der Waals surface area contributed by atoms with Crippen LogP contribution < -0.4 is 5.32 Å². The summed E-state index contributed by atoms with van der Waals surface area (Å²) in [6.45, 7) is 3.87. The molecule has 124 valence electrons. The fourth-order valence-corrected chi connectivity index (χ4v) is 3.39. The number of fused-ring (bicyclic) bond motifs is 1. The molecule has 2 rings (SSSR count). The van der Waals surface area contributed by atoms with Crippen LogP contribution in [0.5, 0.6) is 0 Å². The number of rotatable bonds is 6. The van der Waals surface area contributed by atoms with E-state index in [1.807, 2.05) is 0 Å². The van der Waals surface area contributed by atoms with Gasteiger partial charge in [0.1, 0.15) is 16.8 Å². The first-order chi connectivity index (χ1) is 11.0. The van der Waals surface area contributed by atoms with Gasteiger partial charge in [0.15, 0.2) is 0 Å². The van der Waals surface area contributed by atoms with E-state index in [1.165, 1.54) is 13.2 Å². The number of hydrogen-bond donors (Lipinski definition) is 1. The largest absolute Gasteiger partial charge is 0.465 e. The first kappa shape index (κ1) is 17.4. The van der Waals surface area contributed by atoms with Gasteiger partial charge >= 0.3 is 5.97 Å². The van der Waals surface area contributed by atoms with Crippen LogP contribution in [0.2, 0.25) is 0 Å². The molecule has 1 N–H and O–H groups in total. The molecule has 1 amide bonds. The lowest BCUT2D eigenvalue weighted by atomic mass is 10.1. The van der Waals surface area contributed by atoms with E-state index in [1.54, 1.807) is 26.0 Å². The number of ether oxygens (including phenoxy) is 2. The predicted molar refractivity (Wildman–Crippen MR) is 86.1 cm³/mol. The Bertz CT molecular complexity index is 728. The van der Waals surface area contributed by atoms with Gasteiger partial charge in [0.05, 0.1) is 7.11 Å². The lowest BCUT2D eigenvalue weighted by Crippen LogP contribution is -2.34. The van der Waals surface area contributed by atoms with E-state index in [-0.39, 0.29) is 17.3 Å². The van der Waals surface area contributed by atoms with Crippen molar-refractivity contribution in [2.24, 2.45) is 0 Å². The summed E-state index contributed by atoms with van der Waals surface area (Å²) in [5.74, 6) is -1.30. The van der Waals surface area contributed by atoms with E-state index in [4.69, 9.17) is 9.47 Å². The molecule has 23 heavy (non-hydrogen) atoms. The maximum Gasteiger partial charge on any atom is 0.348 e. The topological polar surface area (TPSA) is 64.6 Å². The van der Waals surface area contributed by atoms with Crippen molar-refractivity contribution in [3.8, 4) is 0 Å². The molecule has 1 atom stereocenters. The Kier molecular flexibility index (Phi) is 5.68. The number of nitrogens with one attached hydrogen (secondary N) is 1. The van der Waals surface area contributed by atoms with Crippen molar-refractivity contribution in [2.75, 3.05) is 13.7 Å². The fourth-order valence-electron chi connectivity index (χ4n) is 2.24. The fraction of sp³-hybridized carbons (Fsp3) is 0.375. The molecule has 7 heteroatoms. The van der Waals surface area contributed by atoms with Gasteiger partial charge in [-0.2, -0.15) is 0 Å². The van der Waals surface area contributed by atoms with Gasteiger partial charge in [0.25, 0.3) is 0 Å². The third-order valence-corrected chi connectivity index (χ3v) is 4.54. The highest BCUT2D eigenvalue weighted by Crippen LogP contribution is 2.33. The molecular formula is C16H18FNO4S. The number of methoxy groups -OCH3 is 1. The van der Waals surface area contributed by atoms with Gasteiger partial charge in [0, 0.05) is 28.8 Å². The first-order valence-electron chi connectivity index (χ1n) is 7.17. The Morgan fingerprint density at radius 2 is 2.13 bits per heavy atom. The minimum Gasteiger partial charge on any atom is -0.465 e. The standard InChI is InChI=1S/C16H18FNO4S/c1-4-22-9(2)15(19)18-8-10-13-11(17)6-5-7-12(13)23-14(10)16(20)21-3/h5-7,9H,4,8H2,1-3H3,(H,18,19)/t9-/m0/s1. The number of thiophene rings is 1. The van der Waals surface area contributed by atoms with E-state index in [9.17, 15) is 14.0 Å². The summed E-state index contributed by atoms with van der Waals surface area (Å²) in [5.41, 5.74) is 0.423. The molecule has 1 aromatic heterocycles. The Balaban J connectivity index is 2.34. The maximum atomic E-state index is 14.1. The average Bonchev–Trinajstić information content (AvgIpc) is 2.92. The zero-order chi connectivity index (χ0) is 17.0. The summed E-state index contributed by atoms with van der Waals surface area (Å²) in [6.07, 6.45) is -0.615. The van der Waals surface area contributed by atoms with Crippen LogP contribution in [-0.2, 0) is 20.8 Å². The van der Waals surface area contributed by atoms with Crippen molar-refractivity contribution in [2.45, 2.75) is 26.5 Å². The van der Waals surface area contributed by atoms with Crippen molar-refractivity contribution in [1.29, 1.82) is 0 Å². The number of carbonyl (C=O) groups is 2. The van der Waals surface area contributed by atoms with Crippen LogP contribution >= 0.6 is 11.3 Å². The van der Waals surface area contributed by atoms with E-state index in [0.29, 0.717) is 22.3 Å². The van der Waals surface area contributed by atoms with Gasteiger partial charge in [-0.3, -0.25) is 4.79 Å². The summed E-state index contributed by atoms with van der Waals surface area (Å²) in [6, 6.07) is 4.63. The second-order valence-corrected chi connectivity index (χ2v) is 5.88. The Hall–Kier alpha value is -1.99. The lowest BCUT2D eigenvalue weighted by Gasteiger charge is -2.12. The van der Waals surface area contributed by atoms with E-state index >= 15 is 0 Å². The van der Waals surface area contributed by atoms with Crippen LogP contribution in [0.1, 0.15) is 29.1 Å². The molecule has 0 bridgehead atoms. The zero-order valence-corrected chi connectivity index (χ0v) is 14.0. The molecule has 0 spiro atoms. The molecular weight excluding hydrogens is 321 g/mol. The highest BCUT2D eigenvalue weighted by molar-refractivity contribution is 7.21. The van der Waals surface area contributed by atoms with Gasteiger partial charge in [-0.05, 0) is 26.0 Å². The van der Waals surface area contributed by atoms with Crippen LogP contribution in [0.4, 0.5) is 4.39 Å². The second kappa shape index (κ2) is 7.52. The molecule has 0 fully saturated rings. The monoisotopic (exact) mass is 339 g/mol. The van der Waals surface area contributed by atoms with Crippen LogP contribution in [0, 0.1) is 5.82 Å². The summed E-state index contributed by atoms with van der Waals surface area (Å²) >= 11 is 1.14. The number of benzene rings is 1. The minimum atomic E-state index is -0.615. The second-order valence-electron chi connectivity index (χ2n) is 4.83. The molecule has 0 saturated carbocycles. The van der Waals surface area contributed by atoms with Crippen molar-refractivity contribution in [3.05, 3.63) is 34.5 Å². The Morgan fingerprint density at radius 3 is 2.78 bits per heavy atom. The SMILES string of the molecule is CCO[C@@H](C)C(=O)NCc1c(C(=O)OC)sc2cccc(F)c12. The molecule has 0 unspecified atom stereocenters. The van der Waals surface area contributed by atoms with Crippen molar-refractivity contribution in [1.82, 2.24) is 5.32 Å². The highest BCUT2D eigenvalue weighted by Gasteiger charge is 2.22. The number of hydrogen-bond acceptors (Lipinski definition) is 5. The number of esters is 1. The number of amides is 1. The van der Waals surface area contributed by atoms with Crippen LogP contribution in [0.25, 0.3) is 10.1 Å². The molecule has 1 heterocycles. The van der Waals surface area contributed by atoms with Crippen LogP contribution in [0.3, 0.4) is 0 Å². The van der Waals surface area contributed by atoms with Crippen molar-refractivity contribution < 1.29 is 23.5 Å². The van der Waals surface area contributed by atoms with Crippen LogP contribution in [-0.4, -0.2) is 31.7 Å². The normalized spacial score (nSPS) is 12.2. The molecule has 5 nitrogen and oxygen atoms in total. The molecule has 0 saturated heterocycles. The number of carbonyl (C=O) groups excluding carboxylic acids is 2. The van der Waals surface area contributed by atoms with E-state index in [2.05, 4.69) is 5.32 Å². The van der Waals surface area contributed by atoms with E-state index < -0.39 is 17.9 Å². The lowest BCUT2D eigenvalue weighted by molar-refractivity contribution is -0.131.